The number of fused-ring (bicyclic) bond motifs is 1. The molecule has 0 bridgehead atoms. The number of carbonyl (C=O) groups excluding carboxylic acids is 1. The van der Waals surface area contributed by atoms with Crippen LogP contribution in [0.25, 0.3) is 0 Å². The molecule has 1 aliphatic heterocycles. The van der Waals surface area contributed by atoms with Crippen molar-refractivity contribution in [2.75, 3.05) is 0 Å². The normalized spacial score (nSPS) is 18.0. The maximum atomic E-state index is 12.6. The van der Waals surface area contributed by atoms with Crippen molar-refractivity contribution in [1.29, 1.82) is 0 Å². The van der Waals surface area contributed by atoms with Crippen LogP contribution < -0.4 is 10.1 Å². The summed E-state index contributed by atoms with van der Waals surface area (Å²) < 4.78 is 5.95. The van der Waals surface area contributed by atoms with Gasteiger partial charge in [0.2, 0.25) is 0 Å². The number of nitro benzene ring substituents is 1. The van der Waals surface area contributed by atoms with Crippen LogP contribution in [-0.2, 0) is 0 Å². The summed E-state index contributed by atoms with van der Waals surface area (Å²) >= 11 is 5.80. The number of rotatable bonds is 3. The number of nitrogens with one attached hydrogen (secondary N) is 1. The molecular weight excluding hydrogens is 344 g/mol. The second-order valence-corrected chi connectivity index (χ2v) is 6.96. The maximum absolute atomic E-state index is 12.6. The van der Waals surface area contributed by atoms with Gasteiger partial charge in [0.25, 0.3) is 11.6 Å². The molecule has 25 heavy (non-hydrogen) atoms. The van der Waals surface area contributed by atoms with Crippen LogP contribution in [-0.4, -0.2) is 16.4 Å². The summed E-state index contributed by atoms with van der Waals surface area (Å²) in [6.45, 7) is 3.91. The van der Waals surface area contributed by atoms with Gasteiger partial charge < -0.3 is 10.1 Å². The number of hydrogen-bond acceptors (Lipinski definition) is 4. The van der Waals surface area contributed by atoms with Crippen molar-refractivity contribution < 1.29 is 14.5 Å². The molecule has 0 aromatic heterocycles. The number of carbonyl (C=O) groups is 1. The largest absolute Gasteiger partial charge is 0.487 e. The van der Waals surface area contributed by atoms with Crippen LogP contribution in [0.5, 0.6) is 5.75 Å². The molecule has 130 valence electrons. The first-order valence-corrected chi connectivity index (χ1v) is 8.17. The third kappa shape index (κ3) is 3.58. The first-order valence-electron chi connectivity index (χ1n) is 7.79. The molecule has 2 aromatic rings. The lowest BCUT2D eigenvalue weighted by atomic mass is 9.89. The summed E-state index contributed by atoms with van der Waals surface area (Å²) in [4.78, 5) is 23.0. The molecule has 1 unspecified atom stereocenters. The van der Waals surface area contributed by atoms with Crippen molar-refractivity contribution in [2.24, 2.45) is 0 Å². The minimum absolute atomic E-state index is 0.000838. The predicted octanol–water partition coefficient (Wildman–Crippen LogP) is 4.28. The molecule has 6 nitrogen and oxygen atoms in total. The zero-order valence-electron chi connectivity index (χ0n) is 13.8. The Balaban J connectivity index is 1.88. The van der Waals surface area contributed by atoms with E-state index in [1.165, 1.54) is 18.2 Å². The zero-order valence-corrected chi connectivity index (χ0v) is 14.5. The van der Waals surface area contributed by atoms with Crippen molar-refractivity contribution in [1.82, 2.24) is 5.32 Å². The van der Waals surface area contributed by atoms with E-state index in [-0.39, 0.29) is 22.3 Å². The lowest BCUT2D eigenvalue weighted by molar-refractivity contribution is -0.384. The Morgan fingerprint density at radius 3 is 2.76 bits per heavy atom. The van der Waals surface area contributed by atoms with Crippen molar-refractivity contribution in [3.63, 3.8) is 0 Å². The van der Waals surface area contributed by atoms with Gasteiger partial charge in [-0.05, 0) is 32.0 Å². The molecule has 1 aliphatic rings. The van der Waals surface area contributed by atoms with Gasteiger partial charge in [0.05, 0.1) is 11.0 Å². The number of para-hydroxylation sites is 1. The molecule has 0 saturated heterocycles. The van der Waals surface area contributed by atoms with Gasteiger partial charge in [0.1, 0.15) is 16.4 Å². The van der Waals surface area contributed by atoms with Crippen molar-refractivity contribution in [3.8, 4) is 5.75 Å². The number of benzene rings is 2. The smallest absolute Gasteiger partial charge is 0.288 e. The van der Waals surface area contributed by atoms with Crippen LogP contribution in [0.15, 0.2) is 42.5 Å². The van der Waals surface area contributed by atoms with Gasteiger partial charge >= 0.3 is 0 Å². The SMILES string of the molecule is CC1(C)CC(NC(=O)c2ccc(Cl)c([N+](=O)[O-])c2)c2ccccc2O1. The van der Waals surface area contributed by atoms with Crippen LogP contribution in [0.2, 0.25) is 5.02 Å². The van der Waals surface area contributed by atoms with E-state index >= 15 is 0 Å². The molecular formula is C18H17ClN2O4. The van der Waals surface area contributed by atoms with Crippen molar-refractivity contribution >= 4 is 23.2 Å². The minimum Gasteiger partial charge on any atom is -0.487 e. The number of amides is 1. The lowest BCUT2D eigenvalue weighted by Gasteiger charge is -2.37. The van der Waals surface area contributed by atoms with Gasteiger partial charge in [0.15, 0.2) is 0 Å². The first kappa shape index (κ1) is 17.2. The van der Waals surface area contributed by atoms with Crippen LogP contribution >= 0.6 is 11.6 Å². The highest BCUT2D eigenvalue weighted by molar-refractivity contribution is 6.32. The Morgan fingerprint density at radius 1 is 1.32 bits per heavy atom. The molecule has 0 spiro atoms. The van der Waals surface area contributed by atoms with E-state index in [9.17, 15) is 14.9 Å². The molecule has 0 fully saturated rings. The quantitative estimate of drug-likeness (QED) is 0.654. The second kappa shape index (κ2) is 6.37. The van der Waals surface area contributed by atoms with Crippen LogP contribution in [0.4, 0.5) is 5.69 Å². The second-order valence-electron chi connectivity index (χ2n) is 6.55. The predicted molar refractivity (Wildman–Crippen MR) is 94.1 cm³/mol. The van der Waals surface area contributed by atoms with Crippen LogP contribution in [0.3, 0.4) is 0 Å². The molecule has 0 saturated carbocycles. The van der Waals surface area contributed by atoms with Gasteiger partial charge in [-0.25, -0.2) is 0 Å². The van der Waals surface area contributed by atoms with E-state index in [4.69, 9.17) is 16.3 Å². The van der Waals surface area contributed by atoms with E-state index < -0.39 is 16.4 Å². The van der Waals surface area contributed by atoms with E-state index in [1.54, 1.807) is 0 Å². The zero-order chi connectivity index (χ0) is 18.2. The molecule has 3 rings (SSSR count). The van der Waals surface area contributed by atoms with Crippen molar-refractivity contribution in [2.45, 2.75) is 31.9 Å². The highest BCUT2D eigenvalue weighted by Crippen LogP contribution is 2.39. The monoisotopic (exact) mass is 360 g/mol. The lowest BCUT2D eigenvalue weighted by Crippen LogP contribution is -2.41. The third-order valence-corrected chi connectivity index (χ3v) is 4.41. The summed E-state index contributed by atoms with van der Waals surface area (Å²) in [6, 6.07) is 11.3. The number of nitrogens with zero attached hydrogens (tertiary/aromatic N) is 1. The average Bonchev–Trinajstić information content (AvgIpc) is 2.53. The standard InChI is InChI=1S/C18H17ClN2O4/c1-18(2)10-14(12-5-3-4-6-16(12)25-18)20-17(22)11-7-8-13(19)15(9-11)21(23)24/h3-9,14H,10H2,1-2H3,(H,20,22). The Kier molecular flexibility index (Phi) is 4.39. The van der Waals surface area contributed by atoms with E-state index in [1.807, 2.05) is 38.1 Å². The molecule has 1 amide bonds. The highest BCUT2D eigenvalue weighted by atomic mass is 35.5. The van der Waals surface area contributed by atoms with E-state index in [0.29, 0.717) is 6.42 Å². The van der Waals surface area contributed by atoms with Crippen LogP contribution in [0, 0.1) is 10.1 Å². The number of ether oxygens (including phenoxy) is 1. The summed E-state index contributed by atoms with van der Waals surface area (Å²) in [5, 5.41) is 14.0. The average molecular weight is 361 g/mol. The Morgan fingerprint density at radius 2 is 2.04 bits per heavy atom. The molecule has 2 aromatic carbocycles. The maximum Gasteiger partial charge on any atom is 0.288 e. The summed E-state index contributed by atoms with van der Waals surface area (Å²) in [6.07, 6.45) is 0.589. The fraction of sp³-hybridized carbons (Fsp3) is 0.278. The van der Waals surface area contributed by atoms with Crippen molar-refractivity contribution in [3.05, 3.63) is 68.7 Å². The summed E-state index contributed by atoms with van der Waals surface area (Å²) in [7, 11) is 0. The summed E-state index contributed by atoms with van der Waals surface area (Å²) in [5.41, 5.74) is 0.358. The van der Waals surface area contributed by atoms with Gasteiger partial charge in [-0.1, -0.05) is 29.8 Å². The third-order valence-electron chi connectivity index (χ3n) is 4.09. The van der Waals surface area contributed by atoms with E-state index in [2.05, 4.69) is 5.32 Å². The molecule has 1 N–H and O–H groups in total. The Hall–Kier alpha value is -2.60. The molecule has 0 aliphatic carbocycles. The van der Waals surface area contributed by atoms with E-state index in [0.717, 1.165) is 11.3 Å². The minimum atomic E-state index is -0.605. The molecule has 1 heterocycles. The number of halogens is 1. The van der Waals surface area contributed by atoms with Gasteiger partial charge in [-0.2, -0.15) is 0 Å². The van der Waals surface area contributed by atoms with Gasteiger partial charge in [0, 0.05) is 23.6 Å². The van der Waals surface area contributed by atoms with Gasteiger partial charge in [-0.3, -0.25) is 14.9 Å². The Labute approximate surface area is 149 Å². The Bertz CT molecular complexity index is 851. The molecule has 0 radical (unpaired) electrons. The first-order chi connectivity index (χ1) is 11.8. The molecule has 1 atom stereocenters. The topological polar surface area (TPSA) is 81.5 Å². The van der Waals surface area contributed by atoms with Crippen LogP contribution in [0.1, 0.15) is 42.2 Å². The fourth-order valence-corrected chi connectivity index (χ4v) is 3.15. The molecule has 7 heteroatoms. The number of hydrogen-bond donors (Lipinski definition) is 1. The summed E-state index contributed by atoms with van der Waals surface area (Å²) in [5.74, 6) is 0.336. The number of nitro groups is 1. The van der Waals surface area contributed by atoms with Gasteiger partial charge in [-0.15, -0.1) is 0 Å². The fourth-order valence-electron chi connectivity index (χ4n) is 2.97. The highest BCUT2D eigenvalue weighted by Gasteiger charge is 2.34.